The number of benzene rings is 1. The Morgan fingerprint density at radius 3 is 2.71 bits per heavy atom. The number of carbonyl (C=O) groups excluding carboxylic acids is 1. The number of carbonyl (C=O) groups is 1. The van der Waals surface area contributed by atoms with Crippen molar-refractivity contribution in [2.24, 2.45) is 0 Å². The van der Waals surface area contributed by atoms with Crippen LogP contribution in [0.2, 0.25) is 0 Å². The fourth-order valence-corrected chi connectivity index (χ4v) is 2.03. The Morgan fingerprint density at radius 2 is 2.00 bits per heavy atom. The molecule has 1 aliphatic carbocycles. The summed E-state index contributed by atoms with van der Waals surface area (Å²) in [6, 6.07) is 9.63. The number of ketones is 1. The third-order valence-corrected chi connectivity index (χ3v) is 2.99. The molecule has 2 nitrogen and oxygen atoms in total. The number of ether oxygens (including phenoxy) is 1. The highest BCUT2D eigenvalue weighted by molar-refractivity contribution is 5.95. The van der Waals surface area contributed by atoms with Gasteiger partial charge >= 0.3 is 0 Å². The largest absolute Gasteiger partial charge is 0.493 e. The predicted octanol–water partition coefficient (Wildman–Crippen LogP) is 3.53. The van der Waals surface area contributed by atoms with Crippen molar-refractivity contribution in [1.29, 1.82) is 0 Å². The van der Waals surface area contributed by atoms with E-state index in [0.717, 1.165) is 30.6 Å². The summed E-state index contributed by atoms with van der Waals surface area (Å²) in [7, 11) is 0. The Bertz CT molecular complexity index is 393. The average molecular weight is 230 g/mol. The van der Waals surface area contributed by atoms with Gasteiger partial charge in [-0.05, 0) is 43.4 Å². The molecule has 1 aromatic carbocycles. The summed E-state index contributed by atoms with van der Waals surface area (Å²) in [6.07, 6.45) is 6.95. The zero-order valence-corrected chi connectivity index (χ0v) is 10.0. The molecular formula is C15H18O2. The van der Waals surface area contributed by atoms with Crippen molar-refractivity contribution in [3.05, 3.63) is 42.0 Å². The van der Waals surface area contributed by atoms with Crippen LogP contribution < -0.4 is 4.74 Å². The van der Waals surface area contributed by atoms with E-state index in [1.54, 1.807) is 0 Å². The van der Waals surface area contributed by atoms with Crippen LogP contribution in [0.4, 0.5) is 0 Å². The maximum Gasteiger partial charge on any atom is 0.161 e. The Balaban J connectivity index is 1.75. The van der Waals surface area contributed by atoms with Crippen LogP contribution >= 0.6 is 0 Å². The zero-order valence-electron chi connectivity index (χ0n) is 10.0. The van der Waals surface area contributed by atoms with E-state index in [1.165, 1.54) is 6.42 Å². The van der Waals surface area contributed by atoms with Gasteiger partial charge in [0.15, 0.2) is 5.78 Å². The fraction of sp³-hybridized carbons (Fsp3) is 0.400. The molecule has 1 aromatic rings. The minimum absolute atomic E-state index is 0.251. The van der Waals surface area contributed by atoms with E-state index in [0.29, 0.717) is 13.0 Å². The smallest absolute Gasteiger partial charge is 0.161 e. The number of allylic oxidation sites excluding steroid dienone is 2. The fourth-order valence-electron chi connectivity index (χ4n) is 2.03. The Kier molecular flexibility index (Phi) is 4.37. The molecule has 2 heteroatoms. The third-order valence-electron chi connectivity index (χ3n) is 2.99. The van der Waals surface area contributed by atoms with E-state index in [9.17, 15) is 4.79 Å². The van der Waals surface area contributed by atoms with Gasteiger partial charge in [0.05, 0.1) is 6.61 Å². The molecule has 0 aromatic heterocycles. The van der Waals surface area contributed by atoms with E-state index in [4.69, 9.17) is 4.74 Å². The molecule has 0 amide bonds. The monoisotopic (exact) mass is 230 g/mol. The van der Waals surface area contributed by atoms with Crippen molar-refractivity contribution in [2.45, 2.75) is 32.1 Å². The lowest BCUT2D eigenvalue weighted by Gasteiger charge is -2.11. The molecule has 0 fully saturated rings. The van der Waals surface area contributed by atoms with Gasteiger partial charge in [-0.15, -0.1) is 0 Å². The molecule has 0 N–H and O–H groups in total. The minimum Gasteiger partial charge on any atom is -0.493 e. The standard InChI is InChI=1S/C15H18O2/c16-15(13-7-3-1-4-8-13)11-12-17-14-9-5-2-6-10-14/h2,5-7,9-10H,1,3-4,8,11-12H2. The van der Waals surface area contributed by atoms with Gasteiger partial charge in [-0.2, -0.15) is 0 Å². The molecule has 2 rings (SSSR count). The van der Waals surface area contributed by atoms with Gasteiger partial charge in [0.25, 0.3) is 0 Å². The second kappa shape index (κ2) is 6.24. The number of hydrogen-bond acceptors (Lipinski definition) is 2. The lowest BCUT2D eigenvalue weighted by molar-refractivity contribution is -0.116. The second-order valence-electron chi connectivity index (χ2n) is 4.31. The van der Waals surface area contributed by atoms with Crippen LogP contribution in [0.3, 0.4) is 0 Å². The van der Waals surface area contributed by atoms with Crippen molar-refractivity contribution in [3.8, 4) is 5.75 Å². The van der Waals surface area contributed by atoms with Gasteiger partial charge in [0.2, 0.25) is 0 Å². The predicted molar refractivity (Wildman–Crippen MR) is 68.1 cm³/mol. The average Bonchev–Trinajstić information content (AvgIpc) is 2.41. The van der Waals surface area contributed by atoms with Crippen LogP contribution in [0, 0.1) is 0 Å². The summed E-state index contributed by atoms with van der Waals surface area (Å²) < 4.78 is 5.52. The van der Waals surface area contributed by atoms with E-state index < -0.39 is 0 Å². The molecule has 0 saturated carbocycles. The summed E-state index contributed by atoms with van der Waals surface area (Å²) >= 11 is 0. The summed E-state index contributed by atoms with van der Waals surface area (Å²) in [6.45, 7) is 0.472. The molecule has 0 radical (unpaired) electrons. The van der Waals surface area contributed by atoms with Gasteiger partial charge in [0.1, 0.15) is 5.75 Å². The van der Waals surface area contributed by atoms with Crippen LogP contribution in [0.1, 0.15) is 32.1 Å². The maximum absolute atomic E-state index is 11.8. The molecule has 0 heterocycles. The molecule has 0 unspecified atom stereocenters. The molecule has 0 saturated heterocycles. The van der Waals surface area contributed by atoms with Crippen LogP contribution in [0.15, 0.2) is 42.0 Å². The van der Waals surface area contributed by atoms with Crippen LogP contribution in [0.25, 0.3) is 0 Å². The van der Waals surface area contributed by atoms with Gasteiger partial charge in [-0.1, -0.05) is 24.3 Å². The van der Waals surface area contributed by atoms with Crippen LogP contribution in [-0.4, -0.2) is 12.4 Å². The number of Topliss-reactive ketones (excluding diaryl/α,β-unsaturated/α-hetero) is 1. The van der Waals surface area contributed by atoms with E-state index in [1.807, 2.05) is 30.3 Å². The maximum atomic E-state index is 11.8. The summed E-state index contributed by atoms with van der Waals surface area (Å²) in [5, 5.41) is 0. The van der Waals surface area contributed by atoms with Crippen molar-refractivity contribution in [3.63, 3.8) is 0 Å². The topological polar surface area (TPSA) is 26.3 Å². The first-order valence-electron chi connectivity index (χ1n) is 6.26. The SMILES string of the molecule is O=C(CCOc1ccccc1)C1=CCCCC1. The lowest BCUT2D eigenvalue weighted by Crippen LogP contribution is -2.10. The van der Waals surface area contributed by atoms with Crippen LogP contribution in [0.5, 0.6) is 5.75 Å². The molecule has 1 aliphatic rings. The molecule has 0 aliphatic heterocycles. The number of hydrogen-bond donors (Lipinski definition) is 0. The highest BCUT2D eigenvalue weighted by Crippen LogP contribution is 2.19. The highest BCUT2D eigenvalue weighted by atomic mass is 16.5. The van der Waals surface area contributed by atoms with Gasteiger partial charge in [0, 0.05) is 6.42 Å². The normalized spacial score (nSPS) is 15.2. The van der Waals surface area contributed by atoms with Crippen molar-refractivity contribution in [2.75, 3.05) is 6.61 Å². The summed E-state index contributed by atoms with van der Waals surface area (Å²) in [5.74, 6) is 1.08. The van der Waals surface area contributed by atoms with Crippen molar-refractivity contribution in [1.82, 2.24) is 0 Å². The first-order chi connectivity index (χ1) is 8.36. The molecule has 0 atom stereocenters. The molecule has 0 bridgehead atoms. The molecular weight excluding hydrogens is 212 g/mol. The second-order valence-corrected chi connectivity index (χ2v) is 4.31. The van der Waals surface area contributed by atoms with E-state index in [2.05, 4.69) is 6.08 Å². The van der Waals surface area contributed by atoms with Crippen LogP contribution in [-0.2, 0) is 4.79 Å². The third kappa shape index (κ3) is 3.74. The molecule has 90 valence electrons. The molecule has 0 spiro atoms. The van der Waals surface area contributed by atoms with E-state index in [-0.39, 0.29) is 5.78 Å². The Morgan fingerprint density at radius 1 is 1.18 bits per heavy atom. The lowest BCUT2D eigenvalue weighted by atomic mass is 9.95. The summed E-state index contributed by atoms with van der Waals surface area (Å²) in [4.78, 5) is 11.8. The van der Waals surface area contributed by atoms with E-state index >= 15 is 0 Å². The Labute approximate surface area is 102 Å². The molecule has 17 heavy (non-hydrogen) atoms. The summed E-state index contributed by atoms with van der Waals surface area (Å²) in [5.41, 5.74) is 1.01. The van der Waals surface area contributed by atoms with Gasteiger partial charge in [-0.3, -0.25) is 4.79 Å². The zero-order chi connectivity index (χ0) is 11.9. The number of para-hydroxylation sites is 1. The first-order valence-corrected chi connectivity index (χ1v) is 6.26. The Hall–Kier alpha value is -1.57. The minimum atomic E-state index is 0.251. The number of rotatable bonds is 5. The van der Waals surface area contributed by atoms with Gasteiger partial charge < -0.3 is 4.74 Å². The van der Waals surface area contributed by atoms with Crippen molar-refractivity contribution < 1.29 is 9.53 Å². The highest BCUT2D eigenvalue weighted by Gasteiger charge is 2.11. The quantitative estimate of drug-likeness (QED) is 0.773. The van der Waals surface area contributed by atoms with Crippen molar-refractivity contribution >= 4 is 5.78 Å². The first kappa shape index (κ1) is 11.9. The van der Waals surface area contributed by atoms with Gasteiger partial charge in [-0.25, -0.2) is 0 Å².